The van der Waals surface area contributed by atoms with Crippen molar-refractivity contribution in [3.05, 3.63) is 46.7 Å². The average Bonchev–Trinajstić information content (AvgIpc) is 2.15. The van der Waals surface area contributed by atoms with E-state index < -0.39 is 0 Å². The molecule has 0 bridgehead atoms. The summed E-state index contributed by atoms with van der Waals surface area (Å²) in [7, 11) is 0. The summed E-state index contributed by atoms with van der Waals surface area (Å²) >= 11 is 5.78. The van der Waals surface area contributed by atoms with Gasteiger partial charge in [0.15, 0.2) is 0 Å². The summed E-state index contributed by atoms with van der Waals surface area (Å²) < 4.78 is 13.2. The van der Waals surface area contributed by atoms with E-state index in [0.717, 1.165) is 16.3 Å². The van der Waals surface area contributed by atoms with Crippen LogP contribution in [0.25, 0.3) is 10.8 Å². The monoisotopic (exact) mass is 194 g/mol. The number of fused-ring (bicyclic) bond motifs is 1. The zero-order valence-corrected chi connectivity index (χ0v) is 7.90. The van der Waals surface area contributed by atoms with Gasteiger partial charge >= 0.3 is 0 Å². The maximum atomic E-state index is 13.2. The van der Waals surface area contributed by atoms with Crippen LogP contribution in [0.5, 0.6) is 0 Å². The highest BCUT2D eigenvalue weighted by atomic mass is 35.5. The van der Waals surface area contributed by atoms with Crippen LogP contribution in [0.2, 0.25) is 5.02 Å². The molecule has 0 unspecified atom stereocenters. The van der Waals surface area contributed by atoms with Gasteiger partial charge in [-0.05, 0) is 29.3 Å². The summed E-state index contributed by atoms with van der Waals surface area (Å²) in [4.78, 5) is 0. The molecule has 0 atom stereocenters. The third kappa shape index (κ3) is 1.29. The Balaban J connectivity index is 2.94. The zero-order chi connectivity index (χ0) is 9.42. The number of hydrogen-bond donors (Lipinski definition) is 0. The van der Waals surface area contributed by atoms with Crippen molar-refractivity contribution >= 4 is 22.4 Å². The van der Waals surface area contributed by atoms with Crippen LogP contribution in [-0.4, -0.2) is 0 Å². The highest BCUT2D eigenvalue weighted by Crippen LogP contribution is 2.27. The molecular formula is C11H8ClF. The average molecular weight is 195 g/mol. The van der Waals surface area contributed by atoms with Crippen molar-refractivity contribution in [1.82, 2.24) is 0 Å². The molecule has 2 heteroatoms. The Hall–Kier alpha value is -1.08. The van der Waals surface area contributed by atoms with Crippen LogP contribution >= 0.6 is 11.6 Å². The largest absolute Gasteiger partial charge is 0.205 e. The maximum absolute atomic E-state index is 13.2. The van der Waals surface area contributed by atoms with E-state index in [1.807, 2.05) is 31.2 Å². The molecule has 0 saturated heterocycles. The topological polar surface area (TPSA) is 0 Å². The smallest absolute Gasteiger partial charge is 0.142 e. The van der Waals surface area contributed by atoms with E-state index in [4.69, 9.17) is 11.6 Å². The summed E-state index contributed by atoms with van der Waals surface area (Å²) in [6.07, 6.45) is 0. The van der Waals surface area contributed by atoms with Gasteiger partial charge in [0.1, 0.15) is 5.82 Å². The van der Waals surface area contributed by atoms with Crippen molar-refractivity contribution in [3.8, 4) is 0 Å². The van der Waals surface area contributed by atoms with Gasteiger partial charge in [-0.1, -0.05) is 35.9 Å². The minimum absolute atomic E-state index is 0.221. The summed E-state index contributed by atoms with van der Waals surface area (Å²) in [5.41, 5.74) is 0.803. The Labute approximate surface area is 80.9 Å². The Bertz CT molecular complexity index is 463. The van der Waals surface area contributed by atoms with Gasteiger partial charge in [-0.25, -0.2) is 4.39 Å². The van der Waals surface area contributed by atoms with E-state index >= 15 is 0 Å². The quantitative estimate of drug-likeness (QED) is 0.596. The van der Waals surface area contributed by atoms with E-state index in [9.17, 15) is 4.39 Å². The van der Waals surface area contributed by atoms with Gasteiger partial charge in [0.25, 0.3) is 0 Å². The molecule has 0 aliphatic rings. The molecule has 0 aliphatic heterocycles. The van der Waals surface area contributed by atoms with Gasteiger partial charge in [-0.2, -0.15) is 0 Å². The second-order valence-electron chi connectivity index (χ2n) is 3.02. The molecule has 0 N–H and O–H groups in total. The second-order valence-corrected chi connectivity index (χ2v) is 3.40. The molecule has 0 heterocycles. The van der Waals surface area contributed by atoms with Crippen LogP contribution in [0.3, 0.4) is 0 Å². The van der Waals surface area contributed by atoms with Crippen LogP contribution in [0.1, 0.15) is 5.56 Å². The van der Waals surface area contributed by atoms with Crippen molar-refractivity contribution in [3.63, 3.8) is 0 Å². The Morgan fingerprint density at radius 2 is 1.92 bits per heavy atom. The summed E-state index contributed by atoms with van der Waals surface area (Å²) in [6.45, 7) is 1.83. The predicted molar refractivity (Wildman–Crippen MR) is 53.7 cm³/mol. The first kappa shape index (κ1) is 8.52. The molecule has 0 aromatic heterocycles. The Morgan fingerprint density at radius 1 is 1.23 bits per heavy atom. The fourth-order valence-corrected chi connectivity index (χ4v) is 1.62. The van der Waals surface area contributed by atoms with Gasteiger partial charge in [0.2, 0.25) is 0 Å². The Morgan fingerprint density at radius 3 is 2.69 bits per heavy atom. The SMILES string of the molecule is Cc1c(Cl)c(F)cc2ccccc12. The summed E-state index contributed by atoms with van der Waals surface area (Å²) in [5.74, 6) is -0.349. The van der Waals surface area contributed by atoms with Gasteiger partial charge in [0.05, 0.1) is 5.02 Å². The third-order valence-electron chi connectivity index (χ3n) is 2.19. The number of rotatable bonds is 0. The number of benzene rings is 2. The van der Waals surface area contributed by atoms with Crippen molar-refractivity contribution < 1.29 is 4.39 Å². The zero-order valence-electron chi connectivity index (χ0n) is 7.14. The lowest BCUT2D eigenvalue weighted by Gasteiger charge is -2.04. The highest BCUT2D eigenvalue weighted by Gasteiger charge is 2.06. The fourth-order valence-electron chi connectivity index (χ4n) is 1.46. The van der Waals surface area contributed by atoms with E-state index in [1.165, 1.54) is 6.07 Å². The van der Waals surface area contributed by atoms with Gasteiger partial charge in [-0.15, -0.1) is 0 Å². The molecule has 0 amide bonds. The molecular weight excluding hydrogens is 187 g/mol. The molecule has 2 rings (SSSR count). The lowest BCUT2D eigenvalue weighted by molar-refractivity contribution is 0.629. The van der Waals surface area contributed by atoms with Crippen LogP contribution in [0, 0.1) is 12.7 Å². The first-order valence-electron chi connectivity index (χ1n) is 4.03. The molecule has 0 saturated carbocycles. The van der Waals surface area contributed by atoms with Crippen LogP contribution in [0.4, 0.5) is 4.39 Å². The van der Waals surface area contributed by atoms with Gasteiger partial charge in [0, 0.05) is 0 Å². The molecule has 13 heavy (non-hydrogen) atoms. The standard InChI is InChI=1S/C11H8ClF/c1-7-9-5-3-2-4-8(9)6-10(13)11(7)12/h2-6H,1H3. The van der Waals surface area contributed by atoms with E-state index in [0.29, 0.717) is 0 Å². The van der Waals surface area contributed by atoms with E-state index in [1.54, 1.807) is 0 Å². The first-order valence-corrected chi connectivity index (χ1v) is 4.41. The van der Waals surface area contributed by atoms with E-state index in [-0.39, 0.29) is 10.8 Å². The normalized spacial score (nSPS) is 10.7. The van der Waals surface area contributed by atoms with Crippen LogP contribution in [-0.2, 0) is 0 Å². The maximum Gasteiger partial charge on any atom is 0.142 e. The first-order chi connectivity index (χ1) is 6.20. The lowest BCUT2D eigenvalue weighted by atomic mass is 10.1. The molecule has 0 nitrogen and oxygen atoms in total. The van der Waals surface area contributed by atoms with Crippen molar-refractivity contribution in [2.75, 3.05) is 0 Å². The number of hydrogen-bond acceptors (Lipinski definition) is 0. The van der Waals surface area contributed by atoms with Crippen molar-refractivity contribution in [1.29, 1.82) is 0 Å². The van der Waals surface area contributed by atoms with Crippen molar-refractivity contribution in [2.24, 2.45) is 0 Å². The molecule has 0 aliphatic carbocycles. The van der Waals surface area contributed by atoms with E-state index in [2.05, 4.69) is 0 Å². The Kier molecular flexibility index (Phi) is 1.97. The fraction of sp³-hybridized carbons (Fsp3) is 0.0909. The molecule has 0 fully saturated rings. The minimum atomic E-state index is -0.349. The van der Waals surface area contributed by atoms with Gasteiger partial charge < -0.3 is 0 Å². The third-order valence-corrected chi connectivity index (χ3v) is 2.65. The predicted octanol–water partition coefficient (Wildman–Crippen LogP) is 3.94. The number of aryl methyl sites for hydroxylation is 1. The summed E-state index contributed by atoms with van der Waals surface area (Å²) in [5, 5.41) is 2.12. The minimum Gasteiger partial charge on any atom is -0.205 e. The van der Waals surface area contributed by atoms with Crippen LogP contribution in [0.15, 0.2) is 30.3 Å². The van der Waals surface area contributed by atoms with Gasteiger partial charge in [-0.3, -0.25) is 0 Å². The molecule has 0 radical (unpaired) electrons. The number of halogens is 2. The summed E-state index contributed by atoms with van der Waals surface area (Å²) in [6, 6.07) is 9.08. The second kappa shape index (κ2) is 3.00. The van der Waals surface area contributed by atoms with Crippen molar-refractivity contribution in [2.45, 2.75) is 6.92 Å². The highest BCUT2D eigenvalue weighted by molar-refractivity contribution is 6.32. The lowest BCUT2D eigenvalue weighted by Crippen LogP contribution is -1.84. The molecule has 66 valence electrons. The molecule has 2 aromatic rings. The molecule has 0 spiro atoms. The van der Waals surface area contributed by atoms with Crippen LogP contribution < -0.4 is 0 Å². The molecule has 2 aromatic carbocycles.